The van der Waals surface area contributed by atoms with Gasteiger partial charge >= 0.3 is 0 Å². The third-order valence-electron chi connectivity index (χ3n) is 5.60. The number of carbonyl (C=O) groups is 2. The number of carbonyl (C=O) groups excluding carboxylic acids is 2. The topological polar surface area (TPSA) is 87.5 Å². The first-order chi connectivity index (χ1) is 13.5. The Bertz CT molecular complexity index is 857. The fourth-order valence-corrected chi connectivity index (χ4v) is 4.87. The van der Waals surface area contributed by atoms with Gasteiger partial charge in [-0.2, -0.15) is 0 Å². The maximum Gasteiger partial charge on any atom is 0.251 e. The molecule has 3 aliphatic rings. The van der Waals surface area contributed by atoms with Crippen molar-refractivity contribution in [2.45, 2.75) is 48.7 Å². The zero-order valence-corrected chi connectivity index (χ0v) is 16.8. The Morgan fingerprint density at radius 3 is 2.57 bits per heavy atom. The molecule has 3 saturated heterocycles. The van der Waals surface area contributed by atoms with Crippen molar-refractivity contribution in [3.8, 4) is 0 Å². The van der Waals surface area contributed by atoms with Crippen LogP contribution in [0.1, 0.15) is 37.0 Å². The summed E-state index contributed by atoms with van der Waals surface area (Å²) in [5, 5.41) is 10.4. The molecule has 1 aromatic carbocycles. The quantitative estimate of drug-likeness (QED) is 0.802. The molecular formula is C20H24N4O3S. The second-order valence-corrected chi connectivity index (χ2v) is 8.54. The average molecular weight is 401 g/mol. The molecule has 2 amide bonds. The second-order valence-electron chi connectivity index (χ2n) is 7.45. The number of hydrogen-bond donors (Lipinski definition) is 2. The highest BCUT2D eigenvalue weighted by atomic mass is 32.2. The van der Waals surface area contributed by atoms with Crippen LogP contribution in [0.2, 0.25) is 0 Å². The highest BCUT2D eigenvalue weighted by Gasteiger charge is 2.40. The van der Waals surface area contributed by atoms with E-state index in [4.69, 9.17) is 4.52 Å². The standard InChI is InChI=1S/C20H24N4O3S/c1-12-19(14-7-9-24(12)10-8-14)22-20(26)15-3-5-16(6-4-15)28-18-11-17(27-23-18)21-13(2)25/h3-6,11-12,14,19H,7-10H2,1-2H3,(H,21,25)(H,22,26)/t12-,19-/m0/s1. The van der Waals surface area contributed by atoms with Crippen LogP contribution in [0.25, 0.3) is 0 Å². The molecule has 5 rings (SSSR count). The van der Waals surface area contributed by atoms with E-state index in [0.717, 1.165) is 18.0 Å². The normalized spacial score (nSPS) is 26.1. The number of piperidine rings is 3. The summed E-state index contributed by atoms with van der Waals surface area (Å²) in [7, 11) is 0. The number of anilines is 1. The van der Waals surface area contributed by atoms with Crippen LogP contribution in [0.4, 0.5) is 5.88 Å². The summed E-state index contributed by atoms with van der Waals surface area (Å²) in [6.07, 6.45) is 2.34. The number of fused-ring (bicyclic) bond motifs is 3. The van der Waals surface area contributed by atoms with Crippen molar-refractivity contribution < 1.29 is 14.1 Å². The van der Waals surface area contributed by atoms with Crippen molar-refractivity contribution in [3.63, 3.8) is 0 Å². The van der Waals surface area contributed by atoms with Gasteiger partial charge in [0.15, 0.2) is 0 Å². The van der Waals surface area contributed by atoms with Gasteiger partial charge in [0, 0.05) is 35.5 Å². The largest absolute Gasteiger partial charge is 0.347 e. The molecule has 0 spiro atoms. The summed E-state index contributed by atoms with van der Waals surface area (Å²) in [6.45, 7) is 5.92. The van der Waals surface area contributed by atoms with Crippen molar-refractivity contribution >= 4 is 29.5 Å². The van der Waals surface area contributed by atoms with Crippen LogP contribution in [-0.2, 0) is 4.79 Å². The Labute approximate surface area is 168 Å². The van der Waals surface area contributed by atoms with E-state index in [1.165, 1.54) is 31.5 Å². The molecule has 3 fully saturated rings. The lowest BCUT2D eigenvalue weighted by atomic mass is 9.79. The van der Waals surface area contributed by atoms with Crippen molar-refractivity contribution in [1.82, 2.24) is 15.4 Å². The number of nitrogens with one attached hydrogen (secondary N) is 2. The molecule has 3 aliphatic heterocycles. The predicted molar refractivity (Wildman–Crippen MR) is 106 cm³/mol. The molecule has 2 bridgehead atoms. The van der Waals surface area contributed by atoms with Gasteiger partial charge in [0.1, 0.15) is 5.03 Å². The summed E-state index contributed by atoms with van der Waals surface area (Å²) in [6, 6.07) is 9.75. The Morgan fingerprint density at radius 1 is 1.21 bits per heavy atom. The first kappa shape index (κ1) is 19.0. The van der Waals surface area contributed by atoms with E-state index in [2.05, 4.69) is 27.6 Å². The summed E-state index contributed by atoms with van der Waals surface area (Å²) >= 11 is 1.41. The fraction of sp³-hybridized carbons (Fsp3) is 0.450. The number of aromatic nitrogens is 1. The van der Waals surface area contributed by atoms with Crippen LogP contribution in [-0.4, -0.2) is 47.0 Å². The number of hydrogen-bond acceptors (Lipinski definition) is 6. The summed E-state index contributed by atoms with van der Waals surface area (Å²) < 4.78 is 5.06. The van der Waals surface area contributed by atoms with E-state index in [0.29, 0.717) is 28.4 Å². The van der Waals surface area contributed by atoms with Gasteiger partial charge in [0.25, 0.3) is 5.91 Å². The van der Waals surface area contributed by atoms with Crippen molar-refractivity contribution in [2.24, 2.45) is 5.92 Å². The van der Waals surface area contributed by atoms with Crippen LogP contribution in [0.5, 0.6) is 0 Å². The molecule has 7 nitrogen and oxygen atoms in total. The highest BCUT2D eigenvalue weighted by molar-refractivity contribution is 7.99. The number of amides is 2. The monoisotopic (exact) mass is 400 g/mol. The molecular weight excluding hydrogens is 376 g/mol. The van der Waals surface area contributed by atoms with E-state index < -0.39 is 0 Å². The molecule has 0 radical (unpaired) electrons. The third kappa shape index (κ3) is 4.07. The van der Waals surface area contributed by atoms with Crippen molar-refractivity contribution in [1.29, 1.82) is 0 Å². The molecule has 8 heteroatoms. The predicted octanol–water partition coefficient (Wildman–Crippen LogP) is 3.00. The fourth-order valence-electron chi connectivity index (χ4n) is 4.11. The molecule has 28 heavy (non-hydrogen) atoms. The smallest absolute Gasteiger partial charge is 0.251 e. The molecule has 2 N–H and O–H groups in total. The van der Waals surface area contributed by atoms with Crippen LogP contribution in [0, 0.1) is 5.92 Å². The first-order valence-electron chi connectivity index (χ1n) is 9.57. The zero-order valence-electron chi connectivity index (χ0n) is 16.0. The summed E-state index contributed by atoms with van der Waals surface area (Å²) in [5.41, 5.74) is 0.659. The third-order valence-corrected chi connectivity index (χ3v) is 6.51. The number of benzene rings is 1. The van der Waals surface area contributed by atoms with Crippen LogP contribution < -0.4 is 10.6 Å². The maximum absolute atomic E-state index is 12.7. The van der Waals surface area contributed by atoms with Gasteiger partial charge in [0.2, 0.25) is 11.8 Å². The van der Waals surface area contributed by atoms with Crippen LogP contribution in [0.15, 0.2) is 44.8 Å². The molecule has 2 atom stereocenters. The Kier molecular flexibility index (Phi) is 5.41. The van der Waals surface area contributed by atoms with Gasteiger partial charge in [-0.15, -0.1) is 0 Å². The first-order valence-corrected chi connectivity index (χ1v) is 10.4. The zero-order chi connectivity index (χ0) is 19.7. The van der Waals surface area contributed by atoms with E-state index in [1.54, 1.807) is 6.07 Å². The van der Waals surface area contributed by atoms with Gasteiger partial charge in [-0.25, -0.2) is 0 Å². The van der Waals surface area contributed by atoms with Crippen LogP contribution >= 0.6 is 11.8 Å². The van der Waals surface area contributed by atoms with E-state index in [-0.39, 0.29) is 17.9 Å². The molecule has 0 unspecified atom stereocenters. The number of rotatable bonds is 5. The SMILES string of the molecule is CC(=O)Nc1cc(Sc2ccc(C(=O)N[C@@H]3C4CCN(CC4)[C@H]3C)cc2)no1. The Morgan fingerprint density at radius 2 is 1.93 bits per heavy atom. The highest BCUT2D eigenvalue weighted by Crippen LogP contribution is 2.32. The van der Waals surface area contributed by atoms with Gasteiger partial charge in [-0.05, 0) is 63.0 Å². The van der Waals surface area contributed by atoms with E-state index >= 15 is 0 Å². The molecule has 0 saturated carbocycles. The van der Waals surface area contributed by atoms with Gasteiger partial charge < -0.3 is 9.84 Å². The van der Waals surface area contributed by atoms with E-state index in [9.17, 15) is 9.59 Å². The van der Waals surface area contributed by atoms with Crippen molar-refractivity contribution in [3.05, 3.63) is 35.9 Å². The molecule has 1 aromatic heterocycles. The lowest BCUT2D eigenvalue weighted by molar-refractivity contribution is -0.114. The average Bonchev–Trinajstić information content (AvgIpc) is 3.11. The minimum Gasteiger partial charge on any atom is -0.347 e. The van der Waals surface area contributed by atoms with Crippen molar-refractivity contribution in [2.75, 3.05) is 18.4 Å². The molecule has 148 valence electrons. The minimum absolute atomic E-state index is 0.0171. The Balaban J connectivity index is 1.37. The second kappa shape index (κ2) is 7.97. The number of nitrogens with zero attached hydrogens (tertiary/aromatic N) is 2. The summed E-state index contributed by atoms with van der Waals surface area (Å²) in [4.78, 5) is 27.2. The maximum atomic E-state index is 12.7. The molecule has 2 aromatic rings. The summed E-state index contributed by atoms with van der Waals surface area (Å²) in [5.74, 6) is 0.679. The lowest BCUT2D eigenvalue weighted by Crippen LogP contribution is -2.62. The molecule has 4 heterocycles. The lowest BCUT2D eigenvalue weighted by Gasteiger charge is -2.49. The Hall–Kier alpha value is -2.32. The minimum atomic E-state index is -0.208. The van der Waals surface area contributed by atoms with Gasteiger partial charge in [-0.1, -0.05) is 16.9 Å². The van der Waals surface area contributed by atoms with Gasteiger partial charge in [0.05, 0.1) is 0 Å². The van der Waals surface area contributed by atoms with Crippen LogP contribution in [0.3, 0.4) is 0 Å². The van der Waals surface area contributed by atoms with E-state index in [1.807, 2.05) is 24.3 Å². The molecule has 0 aliphatic carbocycles. The van der Waals surface area contributed by atoms with Gasteiger partial charge in [-0.3, -0.25) is 19.8 Å².